The number of Topliss-reactive ketones (excluding diaryl/α,β-unsaturated/α-hetero) is 2. The minimum absolute atomic E-state index is 0.000862. The molecule has 738 valence electrons. The summed E-state index contributed by atoms with van der Waals surface area (Å²) in [6.07, 6.45) is 0.611. The molecule has 0 radical (unpaired) electrons. The highest BCUT2D eigenvalue weighted by Gasteiger charge is 2.47. The number of nitrogens with zero attached hydrogens (tertiary/aromatic N) is 6. The lowest BCUT2D eigenvalue weighted by Gasteiger charge is -2.36. The molecule has 0 unspecified atom stereocenters. The Labute approximate surface area is 789 Å². The van der Waals surface area contributed by atoms with Crippen molar-refractivity contribution in [3.63, 3.8) is 0 Å². The van der Waals surface area contributed by atoms with Gasteiger partial charge in [-0.25, -0.2) is 0 Å². The number of aliphatic carboxylic acids is 1. The van der Waals surface area contributed by atoms with Gasteiger partial charge in [-0.1, -0.05) is 116 Å². The van der Waals surface area contributed by atoms with Crippen LogP contribution in [-0.2, 0) is 112 Å². The Bertz CT molecular complexity index is 5060. The van der Waals surface area contributed by atoms with Gasteiger partial charge in [0.25, 0.3) is 0 Å². The summed E-state index contributed by atoms with van der Waals surface area (Å²) in [5.74, 6) is -19.6. The number of aliphatic hydroxyl groups excluding tert-OH is 1. The van der Waals surface area contributed by atoms with Crippen molar-refractivity contribution in [2.24, 2.45) is 46.6 Å². The molecule has 15 amide bonds. The molecular formula is C94H135N19O21S. The molecule has 3 aliphatic rings. The quantitative estimate of drug-likeness (QED) is 0.0335. The van der Waals surface area contributed by atoms with E-state index < -0.39 is 248 Å². The number of methoxy groups -OCH3 is 1. The Kier molecular flexibility index (Phi) is 41.1. The molecule has 2 aromatic heterocycles. The van der Waals surface area contributed by atoms with E-state index in [0.29, 0.717) is 69.9 Å². The van der Waals surface area contributed by atoms with Gasteiger partial charge in [-0.3, -0.25) is 86.3 Å². The smallest absolute Gasteiger partial charge is 0.323 e. The average Bonchev–Trinajstić information content (AvgIpc) is 1.66. The number of para-hydroxylation sites is 2. The summed E-state index contributed by atoms with van der Waals surface area (Å²) in [5.41, 5.74) is 26.4. The van der Waals surface area contributed by atoms with Gasteiger partial charge in [0.15, 0.2) is 11.6 Å². The van der Waals surface area contributed by atoms with Crippen LogP contribution in [0.3, 0.4) is 0 Å². The van der Waals surface area contributed by atoms with Crippen LogP contribution in [0.4, 0.5) is 0 Å². The minimum atomic E-state index is -1.75. The second-order valence-electron chi connectivity index (χ2n) is 36.1. The fraction of sp³-hybridized carbons (Fsp3) is 0.574. The predicted molar refractivity (Wildman–Crippen MR) is 502 cm³/mol. The number of amides is 15. The predicted octanol–water partition coefficient (Wildman–Crippen LogP) is 0.246. The number of aliphatic hydroxyl groups is 1. The number of aromatic amines is 1. The fourth-order valence-corrected chi connectivity index (χ4v) is 18.4. The van der Waals surface area contributed by atoms with Crippen LogP contribution in [0.15, 0.2) is 85.2 Å². The topological polar surface area (TPSA) is 594 Å². The third-order valence-corrected chi connectivity index (χ3v) is 25.9. The molecular weight excluding hydrogens is 1760 g/mol. The van der Waals surface area contributed by atoms with Crippen LogP contribution in [0.25, 0.3) is 21.8 Å². The van der Waals surface area contributed by atoms with Crippen molar-refractivity contribution in [2.75, 3.05) is 72.5 Å². The van der Waals surface area contributed by atoms with E-state index in [2.05, 4.69) is 47.5 Å². The molecule has 3 aliphatic heterocycles. The highest BCUT2D eigenvalue weighted by atomic mass is 32.2. The number of primary amides is 2. The van der Waals surface area contributed by atoms with E-state index in [-0.39, 0.29) is 101 Å². The first-order chi connectivity index (χ1) is 64.1. The molecule has 3 aromatic carbocycles. The molecule has 135 heavy (non-hydrogen) atoms. The van der Waals surface area contributed by atoms with Crippen molar-refractivity contribution in [1.82, 2.24) is 76.6 Å². The van der Waals surface area contributed by atoms with Crippen molar-refractivity contribution >= 4 is 140 Å². The SMILES string of the molecule is CCCC[C@H]1C(=O)N(C)[C@@H](CCCC)C(=O)N[C@@H](CC(C)C)C(=O)N[C@H](C(=O)NCC(N)=O)CSCC(=O)N[C@@H](Cc2ccc(OC)cc2)C(=O)N(C)[C@@H](C)C(=O)N[C@@H](CC(N)=O)C(=O)N2CCC[C@H]2C(=O)N[C@@H](CN)C(=O)N[C@@H](CC(C)C)C(=O)N2C[C@H](O)C[C@H]2C(=O)C[C@@H](Cc2c[nH]c3ccccc23)C(=O)N[C@@H](CCN)C(=O)C[C@@H](Cc2cn(CC(=O)O)c3ccccc23)C(=O)N1C. The van der Waals surface area contributed by atoms with Crippen LogP contribution < -0.4 is 70.2 Å². The number of thioether (sulfide) groups is 1. The van der Waals surface area contributed by atoms with Crippen molar-refractivity contribution in [2.45, 2.75) is 249 Å². The monoisotopic (exact) mass is 1900 g/mol. The van der Waals surface area contributed by atoms with E-state index in [9.17, 15) is 63.0 Å². The molecule has 41 heteroatoms. The molecule has 0 bridgehead atoms. The molecule has 40 nitrogen and oxygen atoms in total. The largest absolute Gasteiger partial charge is 0.497 e. The zero-order valence-electron chi connectivity index (χ0n) is 78.8. The molecule has 0 spiro atoms. The Balaban J connectivity index is 1.21. The fourth-order valence-electron chi connectivity index (χ4n) is 17.5. The number of ketones is 2. The third-order valence-electron chi connectivity index (χ3n) is 24.9. The van der Waals surface area contributed by atoms with Crippen molar-refractivity contribution in [3.05, 3.63) is 102 Å². The van der Waals surface area contributed by atoms with Crippen LogP contribution in [0.2, 0.25) is 0 Å². The first kappa shape index (κ1) is 108. The molecule has 19 N–H and O–H groups in total. The molecule has 3 saturated heterocycles. The summed E-state index contributed by atoms with van der Waals surface area (Å²) >= 11 is 0.810. The average molecular weight is 1900 g/mol. The molecule has 3 fully saturated rings. The maximum Gasteiger partial charge on any atom is 0.323 e. The van der Waals surface area contributed by atoms with Crippen molar-refractivity contribution in [1.29, 1.82) is 0 Å². The summed E-state index contributed by atoms with van der Waals surface area (Å²) in [6.45, 7) is 9.58. The zero-order valence-corrected chi connectivity index (χ0v) is 79.7. The summed E-state index contributed by atoms with van der Waals surface area (Å²) in [5, 5.41) is 44.1. The minimum Gasteiger partial charge on any atom is -0.497 e. The van der Waals surface area contributed by atoms with E-state index in [1.54, 1.807) is 113 Å². The number of carboxylic acid groups (broad SMARTS) is 1. The number of aromatic nitrogens is 2. The van der Waals surface area contributed by atoms with E-state index >= 15 is 33.6 Å². The van der Waals surface area contributed by atoms with Crippen LogP contribution >= 0.6 is 11.8 Å². The highest BCUT2D eigenvalue weighted by Crippen LogP contribution is 2.32. The Morgan fingerprint density at radius 1 is 0.578 bits per heavy atom. The number of ether oxygens (including phenoxy) is 1. The van der Waals surface area contributed by atoms with E-state index in [4.69, 9.17) is 27.7 Å². The Morgan fingerprint density at radius 2 is 1.17 bits per heavy atom. The number of hydrogen-bond acceptors (Lipinski definition) is 23. The van der Waals surface area contributed by atoms with Gasteiger partial charge in [0.2, 0.25) is 88.6 Å². The number of nitrogens with two attached hydrogens (primary N) is 4. The van der Waals surface area contributed by atoms with Crippen LogP contribution in [0.5, 0.6) is 5.75 Å². The number of carbonyl (C=O) groups is 18. The summed E-state index contributed by atoms with van der Waals surface area (Å²) in [6, 6.07) is 2.83. The van der Waals surface area contributed by atoms with Crippen molar-refractivity contribution < 1.29 is 101 Å². The van der Waals surface area contributed by atoms with Gasteiger partial charge < -0.3 is 114 Å². The van der Waals surface area contributed by atoms with Crippen LogP contribution in [0, 0.1) is 23.7 Å². The van der Waals surface area contributed by atoms with Crippen molar-refractivity contribution in [3.8, 4) is 5.75 Å². The molecule has 15 atom stereocenters. The maximum absolute atomic E-state index is 16.0. The van der Waals surface area contributed by atoms with E-state index in [0.717, 1.165) is 26.5 Å². The van der Waals surface area contributed by atoms with Crippen LogP contribution in [-0.4, -0.2) is 301 Å². The molecule has 5 aromatic rings. The summed E-state index contributed by atoms with van der Waals surface area (Å²) < 4.78 is 6.83. The van der Waals surface area contributed by atoms with E-state index in [1.165, 1.54) is 49.5 Å². The summed E-state index contributed by atoms with van der Waals surface area (Å²) in [4.78, 5) is 272. The summed E-state index contributed by atoms with van der Waals surface area (Å²) in [7, 11) is 5.46. The lowest BCUT2D eigenvalue weighted by Crippen LogP contribution is -2.61. The Hall–Kier alpha value is -12.4. The number of H-pyrrole nitrogens is 1. The number of fused-ring (bicyclic) bond motifs is 4. The normalized spacial score (nSPS) is 24.9. The lowest BCUT2D eigenvalue weighted by molar-refractivity contribution is -0.150. The number of carbonyl (C=O) groups excluding carboxylic acids is 17. The number of benzene rings is 3. The van der Waals surface area contributed by atoms with Gasteiger partial charge in [-0.2, -0.15) is 0 Å². The maximum atomic E-state index is 16.0. The number of nitrogens with one attached hydrogen (secondary N) is 9. The number of rotatable bonds is 27. The number of unbranched alkanes of at least 4 members (excludes halogenated alkanes) is 2. The first-order valence-corrected chi connectivity index (χ1v) is 47.3. The van der Waals surface area contributed by atoms with Gasteiger partial charge >= 0.3 is 5.97 Å². The zero-order chi connectivity index (χ0) is 99.4. The lowest BCUT2D eigenvalue weighted by atomic mass is 9.88. The van der Waals surface area contributed by atoms with Crippen LogP contribution in [0.1, 0.15) is 161 Å². The van der Waals surface area contributed by atoms with Gasteiger partial charge in [-0.05, 0) is 124 Å². The van der Waals surface area contributed by atoms with Gasteiger partial charge in [-0.15, -0.1) is 11.8 Å². The van der Waals surface area contributed by atoms with Gasteiger partial charge in [0.1, 0.15) is 72.7 Å². The second kappa shape index (κ2) is 51.4. The molecule has 8 rings (SSSR count). The first-order valence-electron chi connectivity index (χ1n) is 46.2. The molecule has 5 heterocycles. The van der Waals surface area contributed by atoms with Gasteiger partial charge in [0.05, 0.1) is 44.0 Å². The standard InChI is InChI=1S/C94H135N19O21S/c1-12-14-24-73-88(127)103-66(35-52(3)4)86(125)107-71(85(124)100-46-80(98)118)50-135-51-81(119)101-68(37-55-28-30-61(134-11)31-29-55)91(130)108(8)54(7)83(122)104-69(43-79(97)117)92(131)112-34-20-27-74(112)89(128)106-70(44-96)87(126)105-67(36-53(5)6)93(132)113-48-60(114)42-76(113)78(116)40-56(38-58-45-99-64-23-18-16-21-62(58)64)84(123)102-65(32-33-95)77(115)41-57(90(129)110(10)75(25-15-13-2)94(133)109(73)9)39-59-47-111(49-82(120)121)72-26-19-17-22-63(59)72/h16-19,21-23,26,28-31,45,47,52-54,56-57,60,65-71,73-76,99,114H,12-15,20,24-25,27,32-44,46,48-51,95-96H2,1-11H3,(H2,97,117)(H2,98,118)(H,100,124)(H,101,119)(H,102,123)(H,103,127)(H,104,122)(H,105,126)(H,106,128)(H,107,125)(H,120,121)/t54-,56+,57+,60+,65-,66-,67-,68-,69-,70-,71-,73-,74-,75-,76-/m0/s1. The van der Waals surface area contributed by atoms with E-state index in [1.807, 2.05) is 13.8 Å². The Morgan fingerprint density at radius 3 is 1.81 bits per heavy atom. The number of hydrogen-bond donors (Lipinski definition) is 15. The number of carboxylic acids is 1. The molecule has 0 saturated carbocycles. The second-order valence-corrected chi connectivity index (χ2v) is 37.1. The molecule has 0 aliphatic carbocycles. The highest BCUT2D eigenvalue weighted by molar-refractivity contribution is 8.00. The van der Waals surface area contributed by atoms with Gasteiger partial charge in [0, 0.05) is 118 Å². The third kappa shape index (κ3) is 30.1. The number of likely N-dealkylation sites (N-methyl/N-ethyl adjacent to an activating group) is 3.